The van der Waals surface area contributed by atoms with Crippen molar-refractivity contribution >= 4 is 26.7 Å². The van der Waals surface area contributed by atoms with E-state index >= 15 is 0 Å². The number of piperazine rings is 1. The van der Waals surface area contributed by atoms with Gasteiger partial charge >= 0.3 is 0 Å². The molecule has 136 valence electrons. The van der Waals surface area contributed by atoms with Crippen LogP contribution in [0.1, 0.15) is 12.5 Å². The molecule has 0 saturated carbocycles. The molecule has 1 aliphatic rings. The van der Waals surface area contributed by atoms with E-state index in [1.54, 1.807) is 30.7 Å². The summed E-state index contributed by atoms with van der Waals surface area (Å²) in [6, 6.07) is 8.08. The van der Waals surface area contributed by atoms with E-state index in [2.05, 4.69) is 27.8 Å². The first kappa shape index (κ1) is 17.2. The van der Waals surface area contributed by atoms with E-state index in [9.17, 15) is 4.39 Å². The van der Waals surface area contributed by atoms with Crippen LogP contribution in [0.4, 0.5) is 9.52 Å². The van der Waals surface area contributed by atoms with E-state index < -0.39 is 0 Å². The molecular formula is C19H21FN4OS. The van der Waals surface area contributed by atoms with Crippen LogP contribution in [0.15, 0.2) is 36.7 Å². The molecule has 1 atom stereocenters. The Hall–Kier alpha value is -2.25. The van der Waals surface area contributed by atoms with Crippen molar-refractivity contribution in [3.05, 3.63) is 48.0 Å². The van der Waals surface area contributed by atoms with Crippen LogP contribution in [0, 0.1) is 5.82 Å². The SMILES string of the molecule is COc1cccc2sc(N3CCN(Cc4ccncc4F)C(C)C3)nc12. The Morgan fingerprint density at radius 1 is 1.31 bits per heavy atom. The molecule has 1 aromatic carbocycles. The Kier molecular flexibility index (Phi) is 4.74. The van der Waals surface area contributed by atoms with Gasteiger partial charge in [-0.1, -0.05) is 17.4 Å². The number of benzene rings is 1. The zero-order valence-corrected chi connectivity index (χ0v) is 15.7. The number of hydrogen-bond donors (Lipinski definition) is 0. The topological polar surface area (TPSA) is 41.5 Å². The molecular weight excluding hydrogens is 351 g/mol. The number of hydrogen-bond acceptors (Lipinski definition) is 6. The number of anilines is 1. The Balaban J connectivity index is 1.49. The number of thiazole rings is 1. The molecule has 26 heavy (non-hydrogen) atoms. The summed E-state index contributed by atoms with van der Waals surface area (Å²) < 4.78 is 20.4. The maximum atomic E-state index is 13.9. The minimum atomic E-state index is -0.236. The second kappa shape index (κ2) is 7.17. The van der Waals surface area contributed by atoms with Gasteiger partial charge in [0, 0.05) is 44.0 Å². The summed E-state index contributed by atoms with van der Waals surface area (Å²) in [5.74, 6) is 0.574. The molecule has 0 bridgehead atoms. The van der Waals surface area contributed by atoms with Crippen molar-refractivity contribution in [2.75, 3.05) is 31.6 Å². The third-order valence-electron chi connectivity index (χ3n) is 4.86. The van der Waals surface area contributed by atoms with Crippen LogP contribution in [-0.2, 0) is 6.54 Å². The Morgan fingerprint density at radius 3 is 2.96 bits per heavy atom. The predicted molar refractivity (Wildman–Crippen MR) is 102 cm³/mol. The number of fused-ring (bicyclic) bond motifs is 1. The van der Waals surface area contributed by atoms with Crippen molar-refractivity contribution in [1.29, 1.82) is 0 Å². The zero-order chi connectivity index (χ0) is 18.1. The second-order valence-electron chi connectivity index (χ2n) is 6.54. The van der Waals surface area contributed by atoms with Crippen molar-refractivity contribution < 1.29 is 9.13 Å². The van der Waals surface area contributed by atoms with Gasteiger partial charge in [0.1, 0.15) is 17.1 Å². The number of pyridine rings is 1. The third kappa shape index (κ3) is 3.24. The van der Waals surface area contributed by atoms with Crippen LogP contribution in [0.3, 0.4) is 0 Å². The van der Waals surface area contributed by atoms with Crippen LogP contribution in [0.25, 0.3) is 10.2 Å². The molecule has 0 radical (unpaired) electrons. The van der Waals surface area contributed by atoms with E-state index in [-0.39, 0.29) is 5.82 Å². The summed E-state index contributed by atoms with van der Waals surface area (Å²) in [7, 11) is 1.67. The number of ether oxygens (including phenoxy) is 1. The summed E-state index contributed by atoms with van der Waals surface area (Å²) >= 11 is 1.69. The minimum absolute atomic E-state index is 0.236. The minimum Gasteiger partial charge on any atom is -0.494 e. The van der Waals surface area contributed by atoms with Gasteiger partial charge in [-0.2, -0.15) is 0 Å². The number of rotatable bonds is 4. The van der Waals surface area contributed by atoms with Crippen LogP contribution in [-0.4, -0.2) is 47.7 Å². The second-order valence-corrected chi connectivity index (χ2v) is 7.55. The largest absolute Gasteiger partial charge is 0.494 e. The highest BCUT2D eigenvalue weighted by Gasteiger charge is 2.26. The molecule has 1 aliphatic heterocycles. The molecule has 0 amide bonds. The normalized spacial score (nSPS) is 18.4. The highest BCUT2D eigenvalue weighted by molar-refractivity contribution is 7.22. The van der Waals surface area contributed by atoms with Gasteiger partial charge in [-0.25, -0.2) is 9.37 Å². The zero-order valence-electron chi connectivity index (χ0n) is 14.9. The fourth-order valence-corrected chi connectivity index (χ4v) is 4.38. The smallest absolute Gasteiger partial charge is 0.186 e. The molecule has 4 rings (SSSR count). The van der Waals surface area contributed by atoms with E-state index in [0.29, 0.717) is 18.2 Å². The monoisotopic (exact) mass is 372 g/mol. The van der Waals surface area contributed by atoms with Crippen molar-refractivity contribution in [3.63, 3.8) is 0 Å². The molecule has 0 spiro atoms. The average molecular weight is 372 g/mol. The Morgan fingerprint density at radius 2 is 2.19 bits per heavy atom. The van der Waals surface area contributed by atoms with Crippen LogP contribution in [0.5, 0.6) is 5.75 Å². The molecule has 1 fully saturated rings. The first-order valence-electron chi connectivity index (χ1n) is 8.66. The predicted octanol–water partition coefficient (Wildman–Crippen LogP) is 3.55. The average Bonchev–Trinajstić information content (AvgIpc) is 3.09. The lowest BCUT2D eigenvalue weighted by atomic mass is 10.1. The van der Waals surface area contributed by atoms with Crippen molar-refractivity contribution in [2.24, 2.45) is 0 Å². The maximum absolute atomic E-state index is 13.9. The summed E-state index contributed by atoms with van der Waals surface area (Å²) in [5.41, 5.74) is 1.62. The fraction of sp³-hybridized carbons (Fsp3) is 0.368. The van der Waals surface area contributed by atoms with Crippen LogP contribution < -0.4 is 9.64 Å². The van der Waals surface area contributed by atoms with Gasteiger partial charge in [0.2, 0.25) is 0 Å². The number of para-hydroxylation sites is 1. The summed E-state index contributed by atoms with van der Waals surface area (Å²) in [5, 5.41) is 1.02. The number of methoxy groups -OCH3 is 1. The summed E-state index contributed by atoms with van der Waals surface area (Å²) in [6.45, 7) is 5.40. The van der Waals surface area contributed by atoms with Gasteiger partial charge in [-0.15, -0.1) is 0 Å². The standard InChI is InChI=1S/C19H21FN4OS/c1-13-11-24(9-8-23(13)12-14-6-7-21-10-15(14)20)19-22-18-16(25-2)4-3-5-17(18)26-19/h3-7,10,13H,8-9,11-12H2,1-2H3. The molecule has 3 aromatic rings. The fourth-order valence-electron chi connectivity index (χ4n) is 3.37. The van der Waals surface area contributed by atoms with E-state index in [1.807, 2.05) is 12.1 Å². The van der Waals surface area contributed by atoms with Crippen LogP contribution >= 0.6 is 11.3 Å². The van der Waals surface area contributed by atoms with Gasteiger partial charge in [0.05, 0.1) is 18.0 Å². The molecule has 0 N–H and O–H groups in total. The van der Waals surface area contributed by atoms with Gasteiger partial charge in [-0.05, 0) is 25.1 Å². The summed E-state index contributed by atoms with van der Waals surface area (Å²) in [6.07, 6.45) is 2.93. The van der Waals surface area contributed by atoms with Crippen molar-refractivity contribution in [3.8, 4) is 5.75 Å². The lowest BCUT2D eigenvalue weighted by Gasteiger charge is -2.39. The quantitative estimate of drug-likeness (QED) is 0.701. The number of halogens is 1. The first-order chi connectivity index (χ1) is 12.7. The molecule has 5 nitrogen and oxygen atoms in total. The Labute approximate surface area is 156 Å². The Bertz CT molecular complexity index is 915. The third-order valence-corrected chi connectivity index (χ3v) is 5.94. The van der Waals surface area contributed by atoms with E-state index in [1.165, 1.54) is 6.20 Å². The lowest BCUT2D eigenvalue weighted by molar-refractivity contribution is 0.179. The molecule has 0 aliphatic carbocycles. The molecule has 7 heteroatoms. The molecule has 1 saturated heterocycles. The lowest BCUT2D eigenvalue weighted by Crippen LogP contribution is -2.51. The molecule has 1 unspecified atom stereocenters. The summed E-state index contributed by atoms with van der Waals surface area (Å²) in [4.78, 5) is 13.2. The van der Waals surface area contributed by atoms with Crippen LogP contribution in [0.2, 0.25) is 0 Å². The van der Waals surface area contributed by atoms with Gasteiger partial charge in [0.25, 0.3) is 0 Å². The number of nitrogens with zero attached hydrogens (tertiary/aromatic N) is 4. The highest BCUT2D eigenvalue weighted by atomic mass is 32.1. The van der Waals surface area contributed by atoms with Gasteiger partial charge < -0.3 is 9.64 Å². The van der Waals surface area contributed by atoms with E-state index in [0.717, 1.165) is 40.7 Å². The van der Waals surface area contributed by atoms with Crippen molar-refractivity contribution in [2.45, 2.75) is 19.5 Å². The number of aromatic nitrogens is 2. The maximum Gasteiger partial charge on any atom is 0.186 e. The molecule has 2 aromatic heterocycles. The van der Waals surface area contributed by atoms with Gasteiger partial charge in [-0.3, -0.25) is 9.88 Å². The van der Waals surface area contributed by atoms with E-state index in [4.69, 9.17) is 9.72 Å². The first-order valence-corrected chi connectivity index (χ1v) is 9.48. The van der Waals surface area contributed by atoms with Gasteiger partial charge in [0.15, 0.2) is 5.13 Å². The van der Waals surface area contributed by atoms with Crippen molar-refractivity contribution in [1.82, 2.24) is 14.9 Å². The highest BCUT2D eigenvalue weighted by Crippen LogP contribution is 2.34. The molecule has 3 heterocycles.